The third-order valence-corrected chi connectivity index (χ3v) is 3.51. The minimum atomic E-state index is -0.589. The first-order valence-electron chi connectivity index (χ1n) is 5.78. The molecule has 1 aromatic carbocycles. The summed E-state index contributed by atoms with van der Waals surface area (Å²) in [5.74, 6) is -0.631. The lowest BCUT2D eigenvalue weighted by Crippen LogP contribution is -2.27. The Morgan fingerprint density at radius 1 is 1.42 bits per heavy atom. The van der Waals surface area contributed by atoms with Gasteiger partial charge in [0.05, 0.1) is 18.7 Å². The Bertz CT molecular complexity index is 569. The van der Waals surface area contributed by atoms with Crippen molar-refractivity contribution in [3.63, 3.8) is 0 Å². The molecule has 0 aliphatic rings. The number of methoxy groups -OCH3 is 1. The Morgan fingerprint density at radius 2 is 2.21 bits per heavy atom. The summed E-state index contributed by atoms with van der Waals surface area (Å²) < 4.78 is 18.6. The third-order valence-electron chi connectivity index (χ3n) is 2.81. The van der Waals surface area contributed by atoms with E-state index in [1.165, 1.54) is 19.2 Å². The van der Waals surface area contributed by atoms with Gasteiger partial charge >= 0.3 is 0 Å². The second-order valence-corrected chi connectivity index (χ2v) is 4.88. The van der Waals surface area contributed by atoms with E-state index in [1.807, 2.05) is 23.8 Å². The van der Waals surface area contributed by atoms with E-state index in [2.05, 4.69) is 5.32 Å². The van der Waals surface area contributed by atoms with E-state index in [9.17, 15) is 9.18 Å². The molecule has 1 atom stereocenters. The first-order chi connectivity index (χ1) is 9.11. The average Bonchev–Trinajstić information content (AvgIpc) is 2.92. The summed E-state index contributed by atoms with van der Waals surface area (Å²) in [7, 11) is 1.45. The van der Waals surface area contributed by atoms with E-state index in [4.69, 9.17) is 4.74 Å². The van der Waals surface area contributed by atoms with Gasteiger partial charge in [0.2, 0.25) is 0 Å². The van der Waals surface area contributed by atoms with E-state index >= 15 is 0 Å². The molecule has 5 heteroatoms. The molecule has 0 spiro atoms. The summed E-state index contributed by atoms with van der Waals surface area (Å²) in [6.07, 6.45) is 0. The molecule has 0 aliphatic heterocycles. The zero-order chi connectivity index (χ0) is 13.8. The fourth-order valence-corrected chi connectivity index (χ4v) is 2.44. The topological polar surface area (TPSA) is 38.3 Å². The highest BCUT2D eigenvalue weighted by atomic mass is 32.1. The number of rotatable bonds is 4. The summed E-state index contributed by atoms with van der Waals surface area (Å²) >= 11 is 1.56. The maximum Gasteiger partial charge on any atom is 0.254 e. The number of halogens is 1. The first kappa shape index (κ1) is 13.5. The lowest BCUT2D eigenvalue weighted by atomic mass is 10.1. The Kier molecular flexibility index (Phi) is 4.16. The van der Waals surface area contributed by atoms with E-state index < -0.39 is 11.7 Å². The van der Waals surface area contributed by atoms with Gasteiger partial charge < -0.3 is 10.1 Å². The number of amides is 1. The van der Waals surface area contributed by atoms with Crippen LogP contribution in [0.25, 0.3) is 0 Å². The summed E-state index contributed by atoms with van der Waals surface area (Å²) in [4.78, 5) is 12.0. The van der Waals surface area contributed by atoms with Gasteiger partial charge in [0.25, 0.3) is 5.91 Å². The molecule has 0 radical (unpaired) electrons. The Hall–Kier alpha value is -1.88. The zero-order valence-electron chi connectivity index (χ0n) is 10.6. The third kappa shape index (κ3) is 3.12. The van der Waals surface area contributed by atoms with Gasteiger partial charge in [-0.2, -0.15) is 11.3 Å². The quantitative estimate of drug-likeness (QED) is 0.931. The van der Waals surface area contributed by atoms with Gasteiger partial charge in [-0.3, -0.25) is 4.79 Å². The molecule has 1 N–H and O–H groups in total. The molecule has 1 aromatic heterocycles. The van der Waals surface area contributed by atoms with Crippen molar-refractivity contribution >= 4 is 17.2 Å². The molecule has 0 fully saturated rings. The molecule has 2 rings (SSSR count). The summed E-state index contributed by atoms with van der Waals surface area (Å²) in [5.41, 5.74) is 1.02. The van der Waals surface area contributed by atoms with Crippen molar-refractivity contribution in [1.29, 1.82) is 0 Å². The molecule has 0 saturated carbocycles. The summed E-state index contributed by atoms with van der Waals surface area (Å²) in [6.45, 7) is 1.86. The van der Waals surface area contributed by atoms with Crippen LogP contribution in [0.4, 0.5) is 4.39 Å². The highest BCUT2D eigenvalue weighted by Crippen LogP contribution is 2.19. The van der Waals surface area contributed by atoms with Crippen molar-refractivity contribution < 1.29 is 13.9 Å². The molecular weight excluding hydrogens is 265 g/mol. The number of hydrogen-bond donors (Lipinski definition) is 1. The molecule has 100 valence electrons. The molecule has 0 bridgehead atoms. The fraction of sp³-hybridized carbons (Fsp3) is 0.214. The molecule has 0 aliphatic carbocycles. The second-order valence-electron chi connectivity index (χ2n) is 4.10. The zero-order valence-corrected chi connectivity index (χ0v) is 11.5. The van der Waals surface area contributed by atoms with Gasteiger partial charge in [0, 0.05) is 6.07 Å². The lowest BCUT2D eigenvalue weighted by molar-refractivity contribution is 0.0936. The Balaban J connectivity index is 2.12. The van der Waals surface area contributed by atoms with Crippen molar-refractivity contribution in [3.8, 4) is 5.75 Å². The normalized spacial score (nSPS) is 11.9. The van der Waals surface area contributed by atoms with Gasteiger partial charge in [-0.25, -0.2) is 4.39 Å². The van der Waals surface area contributed by atoms with Gasteiger partial charge in [-0.1, -0.05) is 0 Å². The first-order valence-corrected chi connectivity index (χ1v) is 6.72. The van der Waals surface area contributed by atoms with Crippen LogP contribution in [-0.2, 0) is 0 Å². The molecule has 0 saturated heterocycles. The van der Waals surface area contributed by atoms with Crippen molar-refractivity contribution in [2.75, 3.05) is 7.11 Å². The SMILES string of the molecule is COc1ccc(C(=O)NC(C)c2ccsc2)c(F)c1. The van der Waals surface area contributed by atoms with Crippen LogP contribution in [0.15, 0.2) is 35.0 Å². The predicted octanol–water partition coefficient (Wildman–Crippen LogP) is 3.39. The molecule has 3 nitrogen and oxygen atoms in total. The number of ether oxygens (including phenoxy) is 1. The average molecular weight is 279 g/mol. The van der Waals surface area contributed by atoms with Gasteiger partial charge in [-0.05, 0) is 41.4 Å². The van der Waals surface area contributed by atoms with Crippen molar-refractivity contribution in [3.05, 3.63) is 52.0 Å². The van der Waals surface area contributed by atoms with Crippen LogP contribution in [0.2, 0.25) is 0 Å². The number of carbonyl (C=O) groups is 1. The number of carbonyl (C=O) groups excluding carboxylic acids is 1. The van der Waals surface area contributed by atoms with Crippen LogP contribution in [0.3, 0.4) is 0 Å². The highest BCUT2D eigenvalue weighted by Gasteiger charge is 2.15. The lowest BCUT2D eigenvalue weighted by Gasteiger charge is -2.13. The Labute approximate surface area is 115 Å². The highest BCUT2D eigenvalue weighted by molar-refractivity contribution is 7.07. The predicted molar refractivity (Wildman–Crippen MR) is 73.2 cm³/mol. The fourth-order valence-electron chi connectivity index (χ4n) is 1.69. The maximum atomic E-state index is 13.7. The van der Waals surface area contributed by atoms with E-state index in [0.717, 1.165) is 5.56 Å². The second kappa shape index (κ2) is 5.84. The molecule has 1 amide bonds. The molecule has 2 aromatic rings. The number of hydrogen-bond acceptors (Lipinski definition) is 3. The molecule has 19 heavy (non-hydrogen) atoms. The monoisotopic (exact) mass is 279 g/mol. The van der Waals surface area contributed by atoms with Crippen molar-refractivity contribution in [2.24, 2.45) is 0 Å². The van der Waals surface area contributed by atoms with Crippen LogP contribution in [0.5, 0.6) is 5.75 Å². The molecular formula is C14H14FNO2S. The summed E-state index contributed by atoms with van der Waals surface area (Å²) in [6, 6.07) is 5.96. The Morgan fingerprint density at radius 3 is 2.79 bits per heavy atom. The van der Waals surface area contributed by atoms with Gasteiger partial charge in [0.1, 0.15) is 11.6 Å². The largest absolute Gasteiger partial charge is 0.497 e. The van der Waals surface area contributed by atoms with Crippen LogP contribution < -0.4 is 10.1 Å². The minimum absolute atomic E-state index is 0.0166. The number of benzene rings is 1. The van der Waals surface area contributed by atoms with Crippen LogP contribution in [0, 0.1) is 5.82 Å². The van der Waals surface area contributed by atoms with Gasteiger partial charge in [-0.15, -0.1) is 0 Å². The minimum Gasteiger partial charge on any atom is -0.497 e. The number of thiophene rings is 1. The van der Waals surface area contributed by atoms with Gasteiger partial charge in [0.15, 0.2) is 0 Å². The van der Waals surface area contributed by atoms with E-state index in [1.54, 1.807) is 17.4 Å². The van der Waals surface area contributed by atoms with E-state index in [0.29, 0.717) is 5.75 Å². The van der Waals surface area contributed by atoms with Crippen LogP contribution in [-0.4, -0.2) is 13.0 Å². The molecule has 1 heterocycles. The summed E-state index contributed by atoms with van der Waals surface area (Å²) in [5, 5.41) is 6.65. The number of nitrogens with one attached hydrogen (secondary N) is 1. The van der Waals surface area contributed by atoms with Crippen molar-refractivity contribution in [1.82, 2.24) is 5.32 Å². The van der Waals surface area contributed by atoms with Crippen molar-refractivity contribution in [2.45, 2.75) is 13.0 Å². The van der Waals surface area contributed by atoms with Crippen LogP contribution in [0.1, 0.15) is 28.9 Å². The molecule has 1 unspecified atom stereocenters. The van der Waals surface area contributed by atoms with Crippen LogP contribution >= 0.6 is 11.3 Å². The van der Waals surface area contributed by atoms with E-state index in [-0.39, 0.29) is 11.6 Å². The smallest absolute Gasteiger partial charge is 0.254 e. The standard InChI is InChI=1S/C14H14FNO2S/c1-9(10-5-6-19-8-10)16-14(17)12-4-3-11(18-2)7-13(12)15/h3-9H,1-2H3,(H,16,17). The maximum absolute atomic E-state index is 13.7.